The van der Waals surface area contributed by atoms with Crippen LogP contribution in [0.5, 0.6) is 17.2 Å². The molecule has 3 rings (SSSR count). The second-order valence-electron chi connectivity index (χ2n) is 5.22. The van der Waals surface area contributed by atoms with Gasteiger partial charge >= 0.3 is 0 Å². The lowest BCUT2D eigenvalue weighted by atomic mass is 10.1. The molecule has 0 aliphatic rings. The van der Waals surface area contributed by atoms with Gasteiger partial charge in [0.05, 0.1) is 27.6 Å². The van der Waals surface area contributed by atoms with Gasteiger partial charge in [-0.05, 0) is 48.6 Å². The second kappa shape index (κ2) is 8.37. The molecule has 0 aliphatic carbocycles. The van der Waals surface area contributed by atoms with E-state index in [9.17, 15) is 0 Å². The number of aromatic amines is 1. The third kappa shape index (κ3) is 3.93. The zero-order valence-corrected chi connectivity index (χ0v) is 15.8. The molecule has 0 unspecified atom stereocenters. The molecule has 0 fully saturated rings. The predicted octanol–water partition coefficient (Wildman–Crippen LogP) is 3.77. The summed E-state index contributed by atoms with van der Waals surface area (Å²) in [5, 5.41) is 11.3. The number of aromatic nitrogens is 3. The SMILES string of the molecule is COc1cc(-c2n[nH]c(=S)n2/N=C/C=C/c2ccco2)cc(OC)c1OC. The Morgan fingerprint density at radius 3 is 2.52 bits per heavy atom. The van der Waals surface area contributed by atoms with Crippen molar-refractivity contribution in [2.24, 2.45) is 5.10 Å². The first kappa shape index (κ1) is 18.5. The number of nitrogens with zero attached hydrogens (tertiary/aromatic N) is 3. The number of rotatable bonds is 7. The van der Waals surface area contributed by atoms with Gasteiger partial charge in [0, 0.05) is 11.8 Å². The summed E-state index contributed by atoms with van der Waals surface area (Å²) in [6, 6.07) is 7.20. The highest BCUT2D eigenvalue weighted by atomic mass is 32.1. The third-order valence-corrected chi connectivity index (χ3v) is 3.91. The lowest BCUT2D eigenvalue weighted by molar-refractivity contribution is 0.324. The Morgan fingerprint density at radius 1 is 1.19 bits per heavy atom. The molecule has 0 radical (unpaired) electrons. The minimum atomic E-state index is 0.349. The van der Waals surface area contributed by atoms with Gasteiger partial charge in [-0.1, -0.05) is 0 Å². The summed E-state index contributed by atoms with van der Waals surface area (Å²) < 4.78 is 23.2. The Kier molecular flexibility index (Phi) is 5.72. The van der Waals surface area contributed by atoms with E-state index in [4.69, 9.17) is 30.8 Å². The molecule has 0 amide bonds. The number of benzene rings is 1. The highest BCUT2D eigenvalue weighted by molar-refractivity contribution is 7.71. The monoisotopic (exact) mass is 386 g/mol. The van der Waals surface area contributed by atoms with Gasteiger partial charge in [-0.15, -0.1) is 0 Å². The number of methoxy groups -OCH3 is 3. The Bertz CT molecular complexity index is 993. The van der Waals surface area contributed by atoms with Crippen LogP contribution in [0.4, 0.5) is 0 Å². The zero-order chi connectivity index (χ0) is 19.2. The van der Waals surface area contributed by atoms with Gasteiger partial charge in [0.1, 0.15) is 5.76 Å². The number of ether oxygens (including phenoxy) is 3. The summed E-state index contributed by atoms with van der Waals surface area (Å²) in [5.74, 6) is 2.74. The van der Waals surface area contributed by atoms with Crippen LogP contribution < -0.4 is 14.2 Å². The van der Waals surface area contributed by atoms with E-state index in [-0.39, 0.29) is 0 Å². The molecule has 1 N–H and O–H groups in total. The molecule has 9 heteroatoms. The van der Waals surface area contributed by atoms with E-state index >= 15 is 0 Å². The summed E-state index contributed by atoms with van der Waals surface area (Å²) in [7, 11) is 4.65. The first-order chi connectivity index (χ1) is 13.2. The van der Waals surface area contributed by atoms with Crippen LogP contribution in [-0.2, 0) is 0 Å². The Morgan fingerprint density at radius 2 is 1.93 bits per heavy atom. The first-order valence-electron chi connectivity index (χ1n) is 7.90. The fourth-order valence-electron chi connectivity index (χ4n) is 2.42. The van der Waals surface area contributed by atoms with Crippen LogP contribution in [0.25, 0.3) is 17.5 Å². The van der Waals surface area contributed by atoms with Gasteiger partial charge in [-0.25, -0.2) is 5.10 Å². The molecule has 0 saturated heterocycles. The molecule has 140 valence electrons. The molecule has 3 aromatic rings. The molecule has 27 heavy (non-hydrogen) atoms. The van der Waals surface area contributed by atoms with Gasteiger partial charge in [0.25, 0.3) is 0 Å². The van der Waals surface area contributed by atoms with Gasteiger partial charge in [-0.2, -0.15) is 14.9 Å². The van der Waals surface area contributed by atoms with Crippen LogP contribution in [0.3, 0.4) is 0 Å². The van der Waals surface area contributed by atoms with Crippen molar-refractivity contribution in [2.75, 3.05) is 21.3 Å². The van der Waals surface area contributed by atoms with E-state index in [0.717, 1.165) is 5.76 Å². The van der Waals surface area contributed by atoms with E-state index < -0.39 is 0 Å². The minimum Gasteiger partial charge on any atom is -0.493 e. The van der Waals surface area contributed by atoms with E-state index in [2.05, 4.69) is 15.3 Å². The smallest absolute Gasteiger partial charge is 0.216 e. The third-order valence-electron chi connectivity index (χ3n) is 3.65. The van der Waals surface area contributed by atoms with Gasteiger partial charge in [-0.3, -0.25) is 0 Å². The van der Waals surface area contributed by atoms with Crippen LogP contribution >= 0.6 is 12.2 Å². The normalized spacial score (nSPS) is 11.4. The van der Waals surface area contributed by atoms with E-state index in [1.807, 2.05) is 12.1 Å². The van der Waals surface area contributed by atoms with E-state index in [1.165, 1.54) is 4.68 Å². The molecular formula is C18H18N4O4S. The van der Waals surface area contributed by atoms with Crippen LogP contribution in [0.2, 0.25) is 0 Å². The lowest BCUT2D eigenvalue weighted by Crippen LogP contribution is -1.98. The summed E-state index contributed by atoms with van der Waals surface area (Å²) in [4.78, 5) is 0. The zero-order valence-electron chi connectivity index (χ0n) is 15.0. The Labute approximate surface area is 160 Å². The van der Waals surface area contributed by atoms with Crippen molar-refractivity contribution in [3.05, 3.63) is 47.1 Å². The van der Waals surface area contributed by atoms with Crippen LogP contribution in [0, 0.1) is 4.77 Å². The summed E-state index contributed by atoms with van der Waals surface area (Å²) in [6.45, 7) is 0. The maximum Gasteiger partial charge on any atom is 0.216 e. The van der Waals surface area contributed by atoms with Crippen molar-refractivity contribution in [3.63, 3.8) is 0 Å². The molecule has 8 nitrogen and oxygen atoms in total. The van der Waals surface area contributed by atoms with E-state index in [0.29, 0.717) is 33.4 Å². The summed E-state index contributed by atoms with van der Waals surface area (Å²) >= 11 is 5.27. The van der Waals surface area contributed by atoms with Crippen molar-refractivity contribution >= 4 is 24.5 Å². The topological polar surface area (TPSA) is 86.8 Å². The number of allylic oxidation sites excluding steroid dienone is 1. The number of nitrogens with one attached hydrogen (secondary N) is 1. The molecule has 0 atom stereocenters. The average molecular weight is 386 g/mol. The largest absolute Gasteiger partial charge is 0.493 e. The van der Waals surface area contributed by atoms with Crippen molar-refractivity contribution in [3.8, 4) is 28.6 Å². The maximum atomic E-state index is 5.39. The second-order valence-corrected chi connectivity index (χ2v) is 5.60. The first-order valence-corrected chi connectivity index (χ1v) is 8.31. The Balaban J connectivity index is 1.98. The van der Waals surface area contributed by atoms with Crippen LogP contribution in [0.1, 0.15) is 5.76 Å². The van der Waals surface area contributed by atoms with Gasteiger partial charge in [0.15, 0.2) is 17.3 Å². The highest BCUT2D eigenvalue weighted by Gasteiger charge is 2.17. The molecule has 0 spiro atoms. The maximum absolute atomic E-state index is 5.39. The molecule has 0 saturated carbocycles. The van der Waals surface area contributed by atoms with Gasteiger partial charge < -0.3 is 18.6 Å². The number of H-pyrrole nitrogens is 1. The average Bonchev–Trinajstić information content (AvgIpc) is 3.34. The summed E-state index contributed by atoms with van der Waals surface area (Å²) in [5.41, 5.74) is 0.698. The molecule has 0 aliphatic heterocycles. The number of hydrogen-bond donors (Lipinski definition) is 1. The Hall–Kier alpha value is -3.33. The molecule has 0 bridgehead atoms. The van der Waals surface area contributed by atoms with Crippen molar-refractivity contribution in [1.29, 1.82) is 0 Å². The fourth-order valence-corrected chi connectivity index (χ4v) is 2.60. The fraction of sp³-hybridized carbons (Fsp3) is 0.167. The quantitative estimate of drug-likeness (QED) is 0.491. The number of hydrogen-bond acceptors (Lipinski definition) is 7. The van der Waals surface area contributed by atoms with Crippen molar-refractivity contribution in [1.82, 2.24) is 14.9 Å². The molecule has 2 aromatic heterocycles. The van der Waals surface area contributed by atoms with Crippen molar-refractivity contribution in [2.45, 2.75) is 0 Å². The minimum absolute atomic E-state index is 0.349. The molecule has 2 heterocycles. The lowest BCUT2D eigenvalue weighted by Gasteiger charge is -2.13. The summed E-state index contributed by atoms with van der Waals surface area (Å²) in [6.07, 6.45) is 6.72. The van der Waals surface area contributed by atoms with Crippen molar-refractivity contribution < 1.29 is 18.6 Å². The predicted molar refractivity (Wildman–Crippen MR) is 104 cm³/mol. The van der Waals surface area contributed by atoms with E-state index in [1.54, 1.807) is 58.1 Å². The molecular weight excluding hydrogens is 368 g/mol. The van der Waals surface area contributed by atoms with Crippen LogP contribution in [-0.4, -0.2) is 42.4 Å². The number of furan rings is 1. The highest BCUT2D eigenvalue weighted by Crippen LogP contribution is 2.40. The van der Waals surface area contributed by atoms with Gasteiger partial charge in [0.2, 0.25) is 10.5 Å². The molecule has 1 aromatic carbocycles. The van der Waals surface area contributed by atoms with Crippen LogP contribution in [0.15, 0.2) is 46.1 Å². The standard InChI is InChI=1S/C18H18N4O4S/c1-23-14-10-12(11-15(24-2)16(14)25-3)17-20-21-18(27)22(17)19-8-4-6-13-7-5-9-26-13/h4-11H,1-3H3,(H,21,27)/b6-4+,19-8+.